The van der Waals surface area contributed by atoms with Crippen LogP contribution in [0.4, 0.5) is 10.1 Å². The highest BCUT2D eigenvalue weighted by Gasteiger charge is 2.28. The average Bonchev–Trinajstić information content (AvgIpc) is 2.84. The molecule has 1 aromatic carbocycles. The highest BCUT2D eigenvalue weighted by molar-refractivity contribution is 5.46. The molecule has 1 fully saturated rings. The summed E-state index contributed by atoms with van der Waals surface area (Å²) in [5, 5.41) is 3.46. The van der Waals surface area contributed by atoms with Crippen LogP contribution in [0.5, 0.6) is 0 Å². The van der Waals surface area contributed by atoms with E-state index in [0.717, 1.165) is 38.5 Å². The number of likely N-dealkylation sites (N-methyl/N-ethyl adjacent to an activating group) is 1. The Hall–Kier alpha value is -1.13. The number of hydrogen-bond acceptors (Lipinski definition) is 3. The molecule has 19 heavy (non-hydrogen) atoms. The smallest absolute Gasteiger partial charge is 0.125 e. The normalized spacial score (nSPS) is 22.7. The molecule has 0 spiro atoms. The van der Waals surface area contributed by atoms with E-state index in [2.05, 4.69) is 24.1 Å². The van der Waals surface area contributed by atoms with Crippen LogP contribution in [-0.4, -0.2) is 38.9 Å². The number of anilines is 1. The Morgan fingerprint density at radius 1 is 1.37 bits per heavy atom. The third kappa shape index (κ3) is 3.67. The Kier molecular flexibility index (Phi) is 5.16. The molecule has 0 saturated carbocycles. The fourth-order valence-corrected chi connectivity index (χ4v) is 2.64. The van der Waals surface area contributed by atoms with Gasteiger partial charge in [-0.15, -0.1) is 0 Å². The van der Waals surface area contributed by atoms with Gasteiger partial charge in [0, 0.05) is 30.7 Å². The topological polar surface area (TPSA) is 24.5 Å². The zero-order valence-corrected chi connectivity index (χ0v) is 11.7. The monoisotopic (exact) mass is 266 g/mol. The standard InChI is InChI=1S/C15H23FN2O/c1-3-17-15-11-19-10-12(15)9-18(4-2)14-7-5-6-13(16)8-14/h5-8,12,15,17H,3-4,9-11H2,1-2H3. The molecule has 1 N–H and O–H groups in total. The molecule has 0 aliphatic carbocycles. The van der Waals surface area contributed by atoms with Crippen LogP contribution in [0.25, 0.3) is 0 Å². The molecule has 1 aliphatic heterocycles. The van der Waals surface area contributed by atoms with Gasteiger partial charge in [-0.1, -0.05) is 13.0 Å². The Labute approximate surface area is 114 Å². The fraction of sp³-hybridized carbons (Fsp3) is 0.600. The first-order valence-electron chi connectivity index (χ1n) is 7.06. The van der Waals surface area contributed by atoms with Crippen LogP contribution in [0.2, 0.25) is 0 Å². The molecule has 3 nitrogen and oxygen atoms in total. The molecule has 1 aliphatic rings. The van der Waals surface area contributed by atoms with E-state index in [1.165, 1.54) is 6.07 Å². The minimum Gasteiger partial charge on any atom is -0.379 e. The van der Waals surface area contributed by atoms with Gasteiger partial charge in [0.25, 0.3) is 0 Å². The van der Waals surface area contributed by atoms with Gasteiger partial charge in [-0.2, -0.15) is 0 Å². The molecule has 2 atom stereocenters. The van der Waals surface area contributed by atoms with E-state index in [0.29, 0.717) is 12.0 Å². The highest BCUT2D eigenvalue weighted by Crippen LogP contribution is 2.21. The summed E-state index contributed by atoms with van der Waals surface area (Å²) in [6.07, 6.45) is 0. The van der Waals surface area contributed by atoms with Crippen LogP contribution >= 0.6 is 0 Å². The maximum Gasteiger partial charge on any atom is 0.125 e. The van der Waals surface area contributed by atoms with Crippen molar-refractivity contribution < 1.29 is 9.13 Å². The van der Waals surface area contributed by atoms with Crippen molar-refractivity contribution in [2.24, 2.45) is 5.92 Å². The molecule has 2 unspecified atom stereocenters. The van der Waals surface area contributed by atoms with Crippen molar-refractivity contribution in [2.75, 3.05) is 37.7 Å². The lowest BCUT2D eigenvalue weighted by Crippen LogP contribution is -2.41. The lowest BCUT2D eigenvalue weighted by Gasteiger charge is -2.28. The molecule has 2 rings (SSSR count). The second kappa shape index (κ2) is 6.87. The SMILES string of the molecule is CCNC1COCC1CN(CC)c1cccc(F)c1. The lowest BCUT2D eigenvalue weighted by molar-refractivity contribution is 0.183. The molecule has 0 amide bonds. The second-order valence-electron chi connectivity index (χ2n) is 4.98. The van der Waals surface area contributed by atoms with Gasteiger partial charge >= 0.3 is 0 Å². The van der Waals surface area contributed by atoms with E-state index in [-0.39, 0.29) is 5.82 Å². The van der Waals surface area contributed by atoms with Crippen LogP contribution in [0.1, 0.15) is 13.8 Å². The third-order valence-corrected chi connectivity index (χ3v) is 3.67. The first kappa shape index (κ1) is 14.3. The van der Waals surface area contributed by atoms with Gasteiger partial charge in [0.15, 0.2) is 0 Å². The van der Waals surface area contributed by atoms with Crippen LogP contribution in [0.3, 0.4) is 0 Å². The van der Waals surface area contributed by atoms with E-state index in [4.69, 9.17) is 4.74 Å². The van der Waals surface area contributed by atoms with Crippen molar-refractivity contribution in [3.05, 3.63) is 30.1 Å². The van der Waals surface area contributed by atoms with Gasteiger partial charge in [-0.05, 0) is 31.7 Å². The summed E-state index contributed by atoms with van der Waals surface area (Å²) < 4.78 is 18.9. The average molecular weight is 266 g/mol. The number of nitrogens with one attached hydrogen (secondary N) is 1. The fourth-order valence-electron chi connectivity index (χ4n) is 2.64. The number of rotatable bonds is 6. The first-order chi connectivity index (χ1) is 9.24. The third-order valence-electron chi connectivity index (χ3n) is 3.67. The molecule has 0 aromatic heterocycles. The molecular formula is C15H23FN2O. The molecule has 1 heterocycles. The van der Waals surface area contributed by atoms with Gasteiger partial charge in [-0.25, -0.2) is 4.39 Å². The quantitative estimate of drug-likeness (QED) is 0.855. The largest absolute Gasteiger partial charge is 0.379 e. The van der Waals surface area contributed by atoms with Crippen molar-refractivity contribution in [1.82, 2.24) is 5.32 Å². The number of halogens is 1. The molecule has 0 radical (unpaired) electrons. The van der Waals surface area contributed by atoms with Gasteiger partial charge < -0.3 is 15.0 Å². The summed E-state index contributed by atoms with van der Waals surface area (Å²) in [6.45, 7) is 8.50. The first-order valence-corrected chi connectivity index (χ1v) is 7.06. The number of ether oxygens (including phenoxy) is 1. The van der Waals surface area contributed by atoms with E-state index in [1.54, 1.807) is 12.1 Å². The maximum atomic E-state index is 13.3. The Morgan fingerprint density at radius 3 is 2.89 bits per heavy atom. The predicted molar refractivity (Wildman–Crippen MR) is 76.1 cm³/mol. The van der Waals surface area contributed by atoms with Crippen molar-refractivity contribution in [1.29, 1.82) is 0 Å². The predicted octanol–water partition coefficient (Wildman–Crippen LogP) is 2.28. The Balaban J connectivity index is 2.02. The van der Waals surface area contributed by atoms with Crippen LogP contribution < -0.4 is 10.2 Å². The molecular weight excluding hydrogens is 243 g/mol. The highest BCUT2D eigenvalue weighted by atomic mass is 19.1. The van der Waals surface area contributed by atoms with E-state index in [9.17, 15) is 4.39 Å². The lowest BCUT2D eigenvalue weighted by atomic mass is 10.0. The van der Waals surface area contributed by atoms with Crippen LogP contribution in [-0.2, 0) is 4.74 Å². The maximum absolute atomic E-state index is 13.3. The second-order valence-corrected chi connectivity index (χ2v) is 4.98. The molecule has 106 valence electrons. The number of benzene rings is 1. The van der Waals surface area contributed by atoms with Crippen molar-refractivity contribution in [2.45, 2.75) is 19.9 Å². The van der Waals surface area contributed by atoms with Gasteiger partial charge in [0.2, 0.25) is 0 Å². The number of nitrogens with zero attached hydrogens (tertiary/aromatic N) is 1. The van der Waals surface area contributed by atoms with Gasteiger partial charge in [0.1, 0.15) is 5.82 Å². The van der Waals surface area contributed by atoms with Crippen molar-refractivity contribution in [3.8, 4) is 0 Å². The molecule has 1 saturated heterocycles. The molecule has 4 heteroatoms. The van der Waals surface area contributed by atoms with E-state index >= 15 is 0 Å². The van der Waals surface area contributed by atoms with Gasteiger partial charge in [-0.3, -0.25) is 0 Å². The summed E-state index contributed by atoms with van der Waals surface area (Å²) >= 11 is 0. The summed E-state index contributed by atoms with van der Waals surface area (Å²) in [7, 11) is 0. The van der Waals surface area contributed by atoms with Gasteiger partial charge in [0.05, 0.1) is 13.2 Å². The van der Waals surface area contributed by atoms with Crippen LogP contribution in [0, 0.1) is 11.7 Å². The summed E-state index contributed by atoms with van der Waals surface area (Å²) in [5.41, 5.74) is 0.949. The van der Waals surface area contributed by atoms with Crippen LogP contribution in [0.15, 0.2) is 24.3 Å². The Bertz CT molecular complexity index is 399. The minimum atomic E-state index is -0.179. The summed E-state index contributed by atoms with van der Waals surface area (Å²) in [4.78, 5) is 2.22. The van der Waals surface area contributed by atoms with E-state index < -0.39 is 0 Å². The molecule has 0 bridgehead atoms. The zero-order chi connectivity index (χ0) is 13.7. The Morgan fingerprint density at radius 2 is 2.21 bits per heavy atom. The minimum absolute atomic E-state index is 0.179. The summed E-state index contributed by atoms with van der Waals surface area (Å²) in [6, 6.07) is 7.22. The van der Waals surface area contributed by atoms with Crippen molar-refractivity contribution >= 4 is 5.69 Å². The zero-order valence-electron chi connectivity index (χ0n) is 11.7. The molecule has 1 aromatic rings. The van der Waals surface area contributed by atoms with Crippen molar-refractivity contribution in [3.63, 3.8) is 0 Å². The summed E-state index contributed by atoms with van der Waals surface area (Å²) in [5.74, 6) is 0.282. The van der Waals surface area contributed by atoms with E-state index in [1.807, 2.05) is 6.07 Å². The number of hydrogen-bond donors (Lipinski definition) is 1.